The Morgan fingerprint density at radius 1 is 0.767 bits per heavy atom. The molecule has 1 aliphatic heterocycles. The van der Waals surface area contributed by atoms with Crippen LogP contribution in [-0.4, -0.2) is 39.4 Å². The summed E-state index contributed by atoms with van der Waals surface area (Å²) in [5.74, 6) is -1.81. The van der Waals surface area contributed by atoms with Crippen LogP contribution >= 0.6 is 0 Å². The van der Waals surface area contributed by atoms with Crippen molar-refractivity contribution < 1.29 is 19.5 Å². The Hall–Kier alpha value is -3.93. The lowest BCUT2D eigenvalue weighted by Crippen LogP contribution is -2.47. The maximum absolute atomic E-state index is 13.8. The summed E-state index contributed by atoms with van der Waals surface area (Å²) in [5, 5.41) is 9.33. The Bertz CT molecular complexity index is 1030. The molecular formula is C24H20N2O4. The van der Waals surface area contributed by atoms with Crippen LogP contribution in [0.3, 0.4) is 0 Å². The van der Waals surface area contributed by atoms with Crippen LogP contribution in [0.1, 0.15) is 16.7 Å². The standard InChI is InChI=1S/C24H20N2O4/c27-21(28)17-25-22(29)24(19-12-6-2-7-13-19,20-14-8-3-9-15-20)26(23(25)30)16-18-10-4-1-5-11-18/h1-15H,16-17H2,(H,27,28). The molecule has 30 heavy (non-hydrogen) atoms. The van der Waals surface area contributed by atoms with Gasteiger partial charge in [-0.05, 0) is 16.7 Å². The van der Waals surface area contributed by atoms with E-state index in [1.54, 1.807) is 48.5 Å². The lowest BCUT2D eigenvalue weighted by atomic mass is 9.81. The van der Waals surface area contributed by atoms with Crippen molar-refractivity contribution in [3.63, 3.8) is 0 Å². The van der Waals surface area contributed by atoms with E-state index < -0.39 is 30.0 Å². The Morgan fingerprint density at radius 2 is 1.23 bits per heavy atom. The van der Waals surface area contributed by atoms with E-state index in [4.69, 9.17) is 0 Å². The Balaban J connectivity index is 1.96. The van der Waals surface area contributed by atoms with Crippen LogP contribution in [0, 0.1) is 0 Å². The minimum Gasteiger partial charge on any atom is -0.480 e. The molecule has 0 spiro atoms. The van der Waals surface area contributed by atoms with Crippen molar-refractivity contribution >= 4 is 17.9 Å². The Kier molecular flexibility index (Phi) is 5.06. The highest BCUT2D eigenvalue weighted by molar-refractivity contribution is 6.10. The molecule has 1 saturated heterocycles. The van der Waals surface area contributed by atoms with Crippen molar-refractivity contribution in [3.05, 3.63) is 108 Å². The van der Waals surface area contributed by atoms with Crippen LogP contribution < -0.4 is 0 Å². The van der Waals surface area contributed by atoms with Crippen LogP contribution in [0.4, 0.5) is 4.79 Å². The van der Waals surface area contributed by atoms with Crippen molar-refractivity contribution in [2.24, 2.45) is 0 Å². The second-order valence-electron chi connectivity index (χ2n) is 7.08. The van der Waals surface area contributed by atoms with Gasteiger partial charge in [0.1, 0.15) is 6.54 Å². The maximum Gasteiger partial charge on any atom is 0.329 e. The fourth-order valence-corrected chi connectivity index (χ4v) is 4.00. The molecule has 3 aromatic carbocycles. The van der Waals surface area contributed by atoms with Crippen LogP contribution in [0.2, 0.25) is 0 Å². The Morgan fingerprint density at radius 3 is 1.70 bits per heavy atom. The van der Waals surface area contributed by atoms with E-state index in [1.165, 1.54) is 4.90 Å². The zero-order chi connectivity index (χ0) is 21.1. The number of hydrogen-bond acceptors (Lipinski definition) is 3. The first kappa shape index (κ1) is 19.4. The van der Waals surface area contributed by atoms with Crippen molar-refractivity contribution in [1.29, 1.82) is 0 Å². The molecule has 0 saturated carbocycles. The van der Waals surface area contributed by atoms with Gasteiger partial charge in [0.25, 0.3) is 5.91 Å². The first-order chi connectivity index (χ1) is 14.5. The average molecular weight is 400 g/mol. The predicted octanol–water partition coefficient (Wildman–Crippen LogP) is 3.48. The van der Waals surface area contributed by atoms with Gasteiger partial charge in [-0.15, -0.1) is 0 Å². The fraction of sp³-hybridized carbons (Fsp3) is 0.125. The molecule has 3 aromatic rings. The topological polar surface area (TPSA) is 77.9 Å². The van der Waals surface area contributed by atoms with Gasteiger partial charge in [0.05, 0.1) is 0 Å². The third-order valence-electron chi connectivity index (χ3n) is 5.28. The second-order valence-corrected chi connectivity index (χ2v) is 7.08. The Labute approximate surface area is 174 Å². The number of urea groups is 1. The molecule has 150 valence electrons. The predicted molar refractivity (Wildman–Crippen MR) is 110 cm³/mol. The quantitative estimate of drug-likeness (QED) is 0.643. The van der Waals surface area contributed by atoms with Crippen LogP contribution in [0.15, 0.2) is 91.0 Å². The summed E-state index contributed by atoms with van der Waals surface area (Å²) in [6.45, 7) is -0.532. The molecule has 0 radical (unpaired) electrons. The summed E-state index contributed by atoms with van der Waals surface area (Å²) in [7, 11) is 0. The number of benzene rings is 3. The smallest absolute Gasteiger partial charge is 0.329 e. The normalized spacial score (nSPS) is 15.5. The first-order valence-corrected chi connectivity index (χ1v) is 9.55. The number of carbonyl (C=O) groups is 3. The summed E-state index contributed by atoms with van der Waals surface area (Å²) < 4.78 is 0. The van der Waals surface area contributed by atoms with E-state index in [1.807, 2.05) is 42.5 Å². The molecule has 6 heteroatoms. The van der Waals surface area contributed by atoms with Crippen molar-refractivity contribution in [1.82, 2.24) is 9.80 Å². The molecule has 4 rings (SSSR count). The van der Waals surface area contributed by atoms with Crippen LogP contribution in [0.25, 0.3) is 0 Å². The molecule has 0 bridgehead atoms. The molecule has 1 fully saturated rings. The third-order valence-corrected chi connectivity index (χ3v) is 5.28. The molecule has 0 aliphatic carbocycles. The number of rotatable bonds is 6. The molecule has 1 N–H and O–H groups in total. The number of hydrogen-bond donors (Lipinski definition) is 1. The largest absolute Gasteiger partial charge is 0.480 e. The van der Waals surface area contributed by atoms with E-state index >= 15 is 0 Å². The van der Waals surface area contributed by atoms with Crippen LogP contribution in [0.5, 0.6) is 0 Å². The molecular weight excluding hydrogens is 380 g/mol. The van der Waals surface area contributed by atoms with Gasteiger partial charge in [0, 0.05) is 6.54 Å². The number of carbonyl (C=O) groups excluding carboxylic acids is 2. The molecule has 0 aromatic heterocycles. The van der Waals surface area contributed by atoms with Gasteiger partial charge in [-0.1, -0.05) is 91.0 Å². The number of amides is 3. The lowest BCUT2D eigenvalue weighted by Gasteiger charge is -2.36. The van der Waals surface area contributed by atoms with Gasteiger partial charge in [-0.2, -0.15) is 0 Å². The summed E-state index contributed by atoms with van der Waals surface area (Å²) in [5.41, 5.74) is 0.606. The third kappa shape index (κ3) is 3.12. The van der Waals surface area contributed by atoms with Gasteiger partial charge < -0.3 is 5.11 Å². The summed E-state index contributed by atoms with van der Waals surface area (Å²) in [6.07, 6.45) is 0. The van der Waals surface area contributed by atoms with Gasteiger partial charge >= 0.3 is 12.0 Å². The SMILES string of the molecule is O=C(O)CN1C(=O)N(Cc2ccccc2)C(c2ccccc2)(c2ccccc2)C1=O. The number of aliphatic carboxylic acids is 1. The van der Waals surface area contributed by atoms with Gasteiger partial charge in [0.2, 0.25) is 0 Å². The monoisotopic (exact) mass is 400 g/mol. The van der Waals surface area contributed by atoms with Crippen molar-refractivity contribution in [3.8, 4) is 0 Å². The summed E-state index contributed by atoms with van der Waals surface area (Å²) in [4.78, 5) is 40.9. The van der Waals surface area contributed by atoms with Gasteiger partial charge in [-0.25, -0.2) is 4.79 Å². The number of carboxylic acid groups (broad SMARTS) is 1. The first-order valence-electron chi connectivity index (χ1n) is 9.55. The summed E-state index contributed by atoms with van der Waals surface area (Å²) in [6, 6.07) is 26.8. The number of nitrogens with zero attached hydrogens (tertiary/aromatic N) is 2. The van der Waals surface area contributed by atoms with Crippen molar-refractivity contribution in [2.75, 3.05) is 6.54 Å². The zero-order valence-corrected chi connectivity index (χ0v) is 16.1. The maximum atomic E-state index is 13.8. The molecule has 3 amide bonds. The van der Waals surface area contributed by atoms with Gasteiger partial charge in [-0.3, -0.25) is 19.4 Å². The number of imide groups is 1. The fourth-order valence-electron chi connectivity index (χ4n) is 4.00. The van der Waals surface area contributed by atoms with Gasteiger partial charge in [0.15, 0.2) is 5.54 Å². The highest BCUT2D eigenvalue weighted by atomic mass is 16.4. The van der Waals surface area contributed by atoms with E-state index in [0.717, 1.165) is 10.5 Å². The molecule has 0 unspecified atom stereocenters. The minimum absolute atomic E-state index is 0.158. The van der Waals surface area contributed by atoms with E-state index in [-0.39, 0.29) is 6.54 Å². The zero-order valence-electron chi connectivity index (χ0n) is 16.1. The van der Waals surface area contributed by atoms with Crippen LogP contribution in [-0.2, 0) is 21.7 Å². The highest BCUT2D eigenvalue weighted by Gasteiger charge is 2.59. The van der Waals surface area contributed by atoms with E-state index in [9.17, 15) is 19.5 Å². The second kappa shape index (κ2) is 7.83. The molecule has 1 heterocycles. The van der Waals surface area contributed by atoms with Crippen molar-refractivity contribution in [2.45, 2.75) is 12.1 Å². The van der Waals surface area contributed by atoms with E-state index in [2.05, 4.69) is 0 Å². The number of carboxylic acids is 1. The lowest BCUT2D eigenvalue weighted by molar-refractivity contribution is -0.142. The minimum atomic E-state index is -1.45. The summed E-state index contributed by atoms with van der Waals surface area (Å²) >= 11 is 0. The molecule has 1 aliphatic rings. The average Bonchev–Trinajstić information content (AvgIpc) is 2.97. The van der Waals surface area contributed by atoms with E-state index in [0.29, 0.717) is 11.1 Å². The highest BCUT2D eigenvalue weighted by Crippen LogP contribution is 2.44. The molecule has 6 nitrogen and oxygen atoms in total. The molecule has 0 atom stereocenters.